The van der Waals surface area contributed by atoms with Crippen molar-refractivity contribution in [3.63, 3.8) is 0 Å². The summed E-state index contributed by atoms with van der Waals surface area (Å²) >= 11 is 0. The molecule has 148 valence electrons. The molecule has 29 heavy (non-hydrogen) atoms. The lowest BCUT2D eigenvalue weighted by Crippen LogP contribution is -2.13. The maximum absolute atomic E-state index is 12.4. The highest BCUT2D eigenvalue weighted by molar-refractivity contribution is 6.04. The Hall–Kier alpha value is -3.87. The number of nitrogens with one attached hydrogen (secondary N) is 1. The van der Waals surface area contributed by atoms with Gasteiger partial charge in [-0.1, -0.05) is 18.2 Å². The molecule has 0 saturated carbocycles. The van der Waals surface area contributed by atoms with Gasteiger partial charge in [0, 0.05) is 23.4 Å². The average molecular weight is 392 g/mol. The number of non-ortho nitro benzene ring substituents is 1. The molecule has 0 bridgehead atoms. The van der Waals surface area contributed by atoms with Crippen molar-refractivity contribution in [1.29, 1.82) is 0 Å². The molecule has 3 aromatic carbocycles. The van der Waals surface area contributed by atoms with Gasteiger partial charge in [-0.3, -0.25) is 14.9 Å². The summed E-state index contributed by atoms with van der Waals surface area (Å²) in [5.41, 5.74) is 1.58. The lowest BCUT2D eigenvalue weighted by atomic mass is 10.1. The minimum Gasteiger partial charge on any atom is -0.490 e. The van der Waals surface area contributed by atoms with E-state index in [1.807, 2.05) is 30.3 Å². The second kappa shape index (κ2) is 9.36. The average Bonchev–Trinajstić information content (AvgIpc) is 2.73. The van der Waals surface area contributed by atoms with Crippen molar-refractivity contribution in [2.75, 3.05) is 18.5 Å². The molecule has 0 aliphatic carbocycles. The van der Waals surface area contributed by atoms with E-state index in [2.05, 4.69) is 5.32 Å². The number of para-hydroxylation sites is 1. The number of hydrogen-bond acceptors (Lipinski definition) is 5. The SMILES string of the molecule is Cc1cc([N+](=O)[O-])ccc1NC(=O)c1ccc(OCCOc2ccccc2)cc1. The lowest BCUT2D eigenvalue weighted by Gasteiger charge is -2.10. The molecule has 0 unspecified atom stereocenters. The summed E-state index contributed by atoms with van der Waals surface area (Å²) in [5, 5.41) is 13.6. The van der Waals surface area contributed by atoms with E-state index in [0.717, 1.165) is 5.75 Å². The molecule has 0 saturated heterocycles. The number of carbonyl (C=O) groups is 1. The third-order valence-corrected chi connectivity index (χ3v) is 4.15. The highest BCUT2D eigenvalue weighted by Crippen LogP contribution is 2.22. The Bertz CT molecular complexity index is 988. The van der Waals surface area contributed by atoms with Gasteiger partial charge in [-0.25, -0.2) is 0 Å². The maximum atomic E-state index is 12.4. The number of benzene rings is 3. The van der Waals surface area contributed by atoms with Gasteiger partial charge in [-0.05, 0) is 55.0 Å². The van der Waals surface area contributed by atoms with Crippen LogP contribution in [0.1, 0.15) is 15.9 Å². The summed E-state index contributed by atoms with van der Waals surface area (Å²) in [4.78, 5) is 22.7. The van der Waals surface area contributed by atoms with Crippen LogP contribution < -0.4 is 14.8 Å². The number of hydrogen-bond donors (Lipinski definition) is 1. The molecule has 0 aromatic heterocycles. The van der Waals surface area contributed by atoms with Crippen LogP contribution in [0.15, 0.2) is 72.8 Å². The zero-order valence-corrected chi connectivity index (χ0v) is 15.8. The maximum Gasteiger partial charge on any atom is 0.269 e. The highest BCUT2D eigenvalue weighted by atomic mass is 16.6. The number of anilines is 1. The Balaban J connectivity index is 1.51. The smallest absolute Gasteiger partial charge is 0.269 e. The third kappa shape index (κ3) is 5.55. The van der Waals surface area contributed by atoms with Crippen molar-refractivity contribution in [3.05, 3.63) is 94.0 Å². The van der Waals surface area contributed by atoms with Crippen molar-refractivity contribution in [2.45, 2.75) is 6.92 Å². The molecule has 0 spiro atoms. The topological polar surface area (TPSA) is 90.7 Å². The van der Waals surface area contributed by atoms with Crippen LogP contribution in [0.3, 0.4) is 0 Å². The van der Waals surface area contributed by atoms with Crippen LogP contribution >= 0.6 is 0 Å². The Labute approximate surface area is 168 Å². The van der Waals surface area contributed by atoms with Gasteiger partial charge in [-0.2, -0.15) is 0 Å². The molecule has 0 atom stereocenters. The van der Waals surface area contributed by atoms with Gasteiger partial charge in [0.2, 0.25) is 0 Å². The van der Waals surface area contributed by atoms with Crippen LogP contribution in [0.25, 0.3) is 0 Å². The van der Waals surface area contributed by atoms with E-state index in [0.29, 0.717) is 35.8 Å². The van der Waals surface area contributed by atoms with Gasteiger partial charge < -0.3 is 14.8 Å². The monoisotopic (exact) mass is 392 g/mol. The molecule has 3 rings (SSSR count). The summed E-state index contributed by atoms with van der Waals surface area (Å²) < 4.78 is 11.2. The fourth-order valence-electron chi connectivity index (χ4n) is 2.63. The number of rotatable bonds is 8. The van der Waals surface area contributed by atoms with Crippen LogP contribution in [0.4, 0.5) is 11.4 Å². The van der Waals surface area contributed by atoms with E-state index >= 15 is 0 Å². The van der Waals surface area contributed by atoms with E-state index in [1.165, 1.54) is 18.2 Å². The second-order valence-corrected chi connectivity index (χ2v) is 6.24. The molecule has 0 radical (unpaired) electrons. The minimum absolute atomic E-state index is 0.0155. The molecule has 0 aliphatic rings. The largest absolute Gasteiger partial charge is 0.490 e. The van der Waals surface area contributed by atoms with E-state index in [1.54, 1.807) is 31.2 Å². The quantitative estimate of drug-likeness (QED) is 0.343. The van der Waals surface area contributed by atoms with Crippen molar-refractivity contribution in [1.82, 2.24) is 0 Å². The van der Waals surface area contributed by atoms with Gasteiger partial charge >= 0.3 is 0 Å². The molecule has 0 aliphatic heterocycles. The predicted molar refractivity (Wildman–Crippen MR) is 110 cm³/mol. The fraction of sp³-hybridized carbons (Fsp3) is 0.136. The van der Waals surface area contributed by atoms with Gasteiger partial charge in [-0.15, -0.1) is 0 Å². The third-order valence-electron chi connectivity index (χ3n) is 4.15. The van der Waals surface area contributed by atoms with Crippen LogP contribution in [0.5, 0.6) is 11.5 Å². The Morgan fingerprint density at radius 3 is 2.14 bits per heavy atom. The predicted octanol–water partition coefficient (Wildman–Crippen LogP) is 4.61. The molecule has 0 heterocycles. The number of ether oxygens (including phenoxy) is 2. The van der Waals surface area contributed by atoms with E-state index < -0.39 is 4.92 Å². The molecule has 7 heteroatoms. The Kier molecular flexibility index (Phi) is 6.42. The van der Waals surface area contributed by atoms with Gasteiger partial charge in [0.05, 0.1) is 4.92 Å². The molecular formula is C22H20N2O5. The Morgan fingerprint density at radius 1 is 0.931 bits per heavy atom. The van der Waals surface area contributed by atoms with E-state index in [9.17, 15) is 14.9 Å². The lowest BCUT2D eigenvalue weighted by molar-refractivity contribution is -0.384. The zero-order chi connectivity index (χ0) is 20.6. The number of amides is 1. The fourth-order valence-corrected chi connectivity index (χ4v) is 2.63. The van der Waals surface area contributed by atoms with Crippen molar-refractivity contribution < 1.29 is 19.2 Å². The zero-order valence-electron chi connectivity index (χ0n) is 15.8. The van der Waals surface area contributed by atoms with Crippen molar-refractivity contribution >= 4 is 17.3 Å². The molecular weight excluding hydrogens is 372 g/mol. The van der Waals surface area contributed by atoms with Crippen molar-refractivity contribution in [3.8, 4) is 11.5 Å². The first-order valence-corrected chi connectivity index (χ1v) is 9.00. The van der Waals surface area contributed by atoms with Crippen LogP contribution in [0, 0.1) is 17.0 Å². The van der Waals surface area contributed by atoms with E-state index in [4.69, 9.17) is 9.47 Å². The van der Waals surface area contributed by atoms with Gasteiger partial charge in [0.25, 0.3) is 11.6 Å². The number of nitrogens with zero attached hydrogens (tertiary/aromatic N) is 1. The standard InChI is InChI=1S/C22H20N2O5/c1-16-15-18(24(26)27)9-12-21(16)23-22(25)17-7-10-20(11-8-17)29-14-13-28-19-5-3-2-4-6-19/h2-12,15H,13-14H2,1H3,(H,23,25). The summed E-state index contributed by atoms with van der Waals surface area (Å²) in [6, 6.07) is 20.5. The first-order chi connectivity index (χ1) is 14.0. The van der Waals surface area contributed by atoms with Crippen LogP contribution in [-0.2, 0) is 0 Å². The van der Waals surface area contributed by atoms with E-state index in [-0.39, 0.29) is 11.6 Å². The number of nitro benzene ring substituents is 1. The Morgan fingerprint density at radius 2 is 1.55 bits per heavy atom. The summed E-state index contributed by atoms with van der Waals surface area (Å²) in [7, 11) is 0. The van der Waals surface area contributed by atoms with Gasteiger partial charge in [0.1, 0.15) is 24.7 Å². The summed E-state index contributed by atoms with van der Waals surface area (Å²) in [5.74, 6) is 1.11. The number of aryl methyl sites for hydroxylation is 1. The van der Waals surface area contributed by atoms with Crippen LogP contribution in [-0.4, -0.2) is 24.0 Å². The normalized spacial score (nSPS) is 10.2. The second-order valence-electron chi connectivity index (χ2n) is 6.24. The van der Waals surface area contributed by atoms with Crippen molar-refractivity contribution in [2.24, 2.45) is 0 Å². The summed E-state index contributed by atoms with van der Waals surface area (Å²) in [6.45, 7) is 2.49. The molecule has 1 amide bonds. The molecule has 3 aromatic rings. The summed E-state index contributed by atoms with van der Waals surface area (Å²) in [6.07, 6.45) is 0. The van der Waals surface area contributed by atoms with Crippen LogP contribution in [0.2, 0.25) is 0 Å². The first kappa shape index (κ1) is 19.9. The molecule has 0 fully saturated rings. The number of carbonyl (C=O) groups excluding carboxylic acids is 1. The number of nitro groups is 1. The minimum atomic E-state index is -0.470. The van der Waals surface area contributed by atoms with Gasteiger partial charge in [0.15, 0.2) is 0 Å². The molecule has 1 N–H and O–H groups in total. The highest BCUT2D eigenvalue weighted by Gasteiger charge is 2.11. The molecule has 7 nitrogen and oxygen atoms in total. The first-order valence-electron chi connectivity index (χ1n) is 9.00.